The second kappa shape index (κ2) is 3.54. The van der Waals surface area contributed by atoms with Gasteiger partial charge in [-0.1, -0.05) is 0 Å². The molecule has 0 radical (unpaired) electrons. The summed E-state index contributed by atoms with van der Waals surface area (Å²) in [5.74, 6) is -0.652. The topological polar surface area (TPSA) is 135 Å². The van der Waals surface area contributed by atoms with Gasteiger partial charge in [0, 0.05) is 0 Å². The Bertz CT molecular complexity index is 456. The number of nitrogens with zero attached hydrogens (tertiary/aromatic N) is 4. The molecule has 0 spiro atoms. The van der Waals surface area contributed by atoms with E-state index >= 15 is 0 Å². The standard InChI is InChI=1S/C6H2N4O5/c7-8-6-4(9(12)13)1-3(11)2-5(6)10(14)15/h1-2H/p+1. The van der Waals surface area contributed by atoms with Crippen LogP contribution in [0.15, 0.2) is 12.1 Å². The first kappa shape index (κ1) is 10.3. The molecule has 0 aliphatic carbocycles. The van der Waals surface area contributed by atoms with Crippen LogP contribution in [0, 0.1) is 25.6 Å². The van der Waals surface area contributed by atoms with Gasteiger partial charge in [-0.25, -0.2) is 0 Å². The molecule has 0 heterocycles. The Morgan fingerprint density at radius 2 is 1.60 bits per heavy atom. The molecule has 0 atom stereocenters. The minimum Gasteiger partial charge on any atom is -0.507 e. The highest BCUT2D eigenvalue weighted by Gasteiger charge is 2.38. The van der Waals surface area contributed by atoms with Crippen LogP contribution in [0.3, 0.4) is 0 Å². The summed E-state index contributed by atoms with van der Waals surface area (Å²) in [6, 6.07) is 1.31. The van der Waals surface area contributed by atoms with Crippen molar-refractivity contribution in [1.29, 1.82) is 5.39 Å². The van der Waals surface area contributed by atoms with Crippen LogP contribution < -0.4 is 0 Å². The first-order chi connectivity index (χ1) is 6.97. The molecule has 0 fully saturated rings. The number of diazo groups is 1. The van der Waals surface area contributed by atoms with Crippen molar-refractivity contribution in [2.45, 2.75) is 0 Å². The minimum atomic E-state index is -0.998. The van der Waals surface area contributed by atoms with Crippen LogP contribution in [0.25, 0.3) is 4.98 Å². The van der Waals surface area contributed by atoms with E-state index in [1.807, 2.05) is 0 Å². The SMILES string of the molecule is N#[N+]c1c([N+](=O)[O-])cc(O)cc1[N+](=O)[O-]. The number of phenols is 1. The maximum absolute atomic E-state index is 10.4. The molecular weight excluding hydrogens is 208 g/mol. The number of hydrogen-bond acceptors (Lipinski definition) is 6. The molecule has 0 aromatic heterocycles. The predicted molar refractivity (Wildman–Crippen MR) is 46.2 cm³/mol. The lowest BCUT2D eigenvalue weighted by Crippen LogP contribution is -1.93. The normalized spacial score (nSPS) is 9.27. The van der Waals surface area contributed by atoms with Gasteiger partial charge in [0.2, 0.25) is 5.39 Å². The lowest BCUT2D eigenvalue weighted by Gasteiger charge is -1.91. The lowest BCUT2D eigenvalue weighted by atomic mass is 10.2. The Hall–Kier alpha value is -2.76. The smallest absolute Gasteiger partial charge is 0.507 e. The van der Waals surface area contributed by atoms with Gasteiger partial charge in [0.25, 0.3) is 0 Å². The summed E-state index contributed by atoms with van der Waals surface area (Å²) in [6.07, 6.45) is 0. The van der Waals surface area contributed by atoms with Crippen molar-refractivity contribution in [3.63, 3.8) is 0 Å². The zero-order valence-corrected chi connectivity index (χ0v) is 7.02. The van der Waals surface area contributed by atoms with Crippen molar-refractivity contribution < 1.29 is 15.0 Å². The fraction of sp³-hybridized carbons (Fsp3) is 0. The average molecular weight is 211 g/mol. The molecule has 0 bridgehead atoms. The van der Waals surface area contributed by atoms with Gasteiger partial charge in [0.15, 0.2) is 4.98 Å². The molecule has 0 saturated carbocycles. The van der Waals surface area contributed by atoms with Gasteiger partial charge in [-0.2, -0.15) is 0 Å². The van der Waals surface area contributed by atoms with Crippen molar-refractivity contribution in [2.24, 2.45) is 0 Å². The Labute approximate surface area is 81.5 Å². The van der Waals surface area contributed by atoms with Gasteiger partial charge in [-0.05, 0) is 0 Å². The number of nitro groups is 2. The molecular formula is C6H3N4O5+. The van der Waals surface area contributed by atoms with Gasteiger partial charge in [0.05, 0.1) is 22.0 Å². The summed E-state index contributed by atoms with van der Waals surface area (Å²) in [7, 11) is 0. The fourth-order valence-corrected chi connectivity index (χ4v) is 0.971. The maximum atomic E-state index is 10.4. The minimum absolute atomic E-state index is 0.652. The van der Waals surface area contributed by atoms with E-state index in [9.17, 15) is 20.2 Å². The van der Waals surface area contributed by atoms with Crippen LogP contribution >= 0.6 is 0 Å². The number of hydrogen-bond donors (Lipinski definition) is 1. The summed E-state index contributed by atoms with van der Waals surface area (Å²) in [4.78, 5) is 21.3. The van der Waals surface area contributed by atoms with Crippen molar-refractivity contribution in [1.82, 2.24) is 0 Å². The maximum Gasteiger partial charge on any atom is 0.537 e. The predicted octanol–water partition coefficient (Wildman–Crippen LogP) is 1.69. The molecule has 9 heteroatoms. The highest BCUT2D eigenvalue weighted by atomic mass is 16.6. The second-order valence-corrected chi connectivity index (χ2v) is 2.45. The third kappa shape index (κ3) is 1.78. The van der Waals surface area contributed by atoms with E-state index < -0.39 is 32.7 Å². The number of nitro benzene ring substituents is 2. The summed E-state index contributed by atoms with van der Waals surface area (Å²) >= 11 is 0. The number of rotatable bonds is 2. The summed E-state index contributed by atoms with van der Waals surface area (Å²) in [6.45, 7) is 0. The Morgan fingerprint density at radius 3 is 1.87 bits per heavy atom. The van der Waals surface area contributed by atoms with Crippen LogP contribution in [0.2, 0.25) is 0 Å². The third-order valence-electron chi connectivity index (χ3n) is 1.55. The molecule has 0 aliphatic heterocycles. The van der Waals surface area contributed by atoms with E-state index in [-0.39, 0.29) is 0 Å². The highest BCUT2D eigenvalue weighted by Crippen LogP contribution is 2.39. The monoisotopic (exact) mass is 211 g/mol. The molecule has 0 unspecified atom stereocenters. The van der Waals surface area contributed by atoms with E-state index in [1.54, 1.807) is 0 Å². The number of phenolic OH excluding ortho intramolecular Hbond substituents is 1. The van der Waals surface area contributed by atoms with Crippen LogP contribution in [0.1, 0.15) is 0 Å². The van der Waals surface area contributed by atoms with E-state index in [0.29, 0.717) is 12.1 Å². The van der Waals surface area contributed by atoms with Crippen LogP contribution in [0.5, 0.6) is 5.75 Å². The largest absolute Gasteiger partial charge is 0.537 e. The van der Waals surface area contributed by atoms with E-state index in [1.165, 1.54) is 0 Å². The average Bonchev–Trinajstić information content (AvgIpc) is 2.16. The molecule has 1 aromatic rings. The Balaban J connectivity index is 3.62. The molecule has 0 aliphatic rings. The Morgan fingerprint density at radius 1 is 1.20 bits per heavy atom. The van der Waals surface area contributed by atoms with Crippen molar-refractivity contribution in [3.05, 3.63) is 37.3 Å². The lowest BCUT2D eigenvalue weighted by molar-refractivity contribution is -0.392. The first-order valence-electron chi connectivity index (χ1n) is 3.48. The van der Waals surface area contributed by atoms with Gasteiger partial charge >= 0.3 is 17.1 Å². The fourth-order valence-electron chi connectivity index (χ4n) is 0.971. The van der Waals surface area contributed by atoms with Crippen LogP contribution in [0.4, 0.5) is 17.1 Å². The van der Waals surface area contributed by atoms with Crippen molar-refractivity contribution in [3.8, 4) is 5.75 Å². The second-order valence-electron chi connectivity index (χ2n) is 2.45. The molecule has 1 rings (SSSR count). The number of aromatic hydroxyl groups is 1. The zero-order chi connectivity index (χ0) is 11.6. The first-order valence-corrected chi connectivity index (χ1v) is 3.48. The molecule has 0 saturated heterocycles. The van der Waals surface area contributed by atoms with Gasteiger partial charge in [-0.15, -0.1) is 0 Å². The van der Waals surface area contributed by atoms with E-state index in [2.05, 4.69) is 4.98 Å². The van der Waals surface area contributed by atoms with Crippen LogP contribution in [-0.2, 0) is 0 Å². The summed E-state index contributed by atoms with van der Waals surface area (Å²) < 4.78 is 0. The molecule has 76 valence electrons. The zero-order valence-electron chi connectivity index (χ0n) is 7.02. The number of benzene rings is 1. The van der Waals surface area contributed by atoms with Crippen molar-refractivity contribution in [2.75, 3.05) is 0 Å². The molecule has 15 heavy (non-hydrogen) atoms. The van der Waals surface area contributed by atoms with Crippen molar-refractivity contribution >= 4 is 17.1 Å². The summed E-state index contributed by atoms with van der Waals surface area (Å²) in [5, 5.41) is 38.2. The third-order valence-corrected chi connectivity index (χ3v) is 1.55. The molecule has 1 aromatic carbocycles. The molecule has 9 nitrogen and oxygen atoms in total. The van der Waals surface area contributed by atoms with Gasteiger partial charge in [-0.3, -0.25) is 20.2 Å². The van der Waals surface area contributed by atoms with E-state index in [0.717, 1.165) is 0 Å². The summed E-state index contributed by atoms with van der Waals surface area (Å²) in [5.41, 5.74) is -2.49. The Kier molecular flexibility index (Phi) is 2.44. The van der Waals surface area contributed by atoms with Gasteiger partial charge in [0.1, 0.15) is 5.75 Å². The van der Waals surface area contributed by atoms with Crippen LogP contribution in [-0.4, -0.2) is 15.0 Å². The molecule has 0 amide bonds. The quantitative estimate of drug-likeness (QED) is 0.449. The van der Waals surface area contributed by atoms with E-state index in [4.69, 9.17) is 10.5 Å². The molecule has 1 N–H and O–H groups in total. The van der Waals surface area contributed by atoms with Gasteiger partial charge < -0.3 is 5.11 Å². The highest BCUT2D eigenvalue weighted by molar-refractivity contribution is 5.76.